The molecule has 1 heterocycles. The molecule has 0 fully saturated rings. The first kappa shape index (κ1) is 17.7. The lowest BCUT2D eigenvalue weighted by atomic mass is 10.1. The summed E-state index contributed by atoms with van der Waals surface area (Å²) in [6.45, 7) is 8.25. The van der Waals surface area contributed by atoms with E-state index in [1.165, 1.54) is 28.3 Å². The van der Waals surface area contributed by atoms with Crippen molar-refractivity contribution in [3.05, 3.63) is 70.8 Å². The number of hydrogen-bond acceptors (Lipinski definition) is 3. The molecule has 0 radical (unpaired) electrons. The molecule has 0 bridgehead atoms. The fourth-order valence-corrected chi connectivity index (χ4v) is 3.96. The standard InChI is InChI=1S/C22H23NOS/c1-5-17-9-11-18(12-10-17)22(24)16(4)25-20-13-15(3)19-8-6-7-14(2)21(19)23-20/h6-13,16H,5H2,1-4H3/t16-/m1/s1. The number of rotatable bonds is 5. The number of thioether (sulfide) groups is 1. The number of aromatic nitrogens is 1. The lowest BCUT2D eigenvalue weighted by Crippen LogP contribution is -2.13. The smallest absolute Gasteiger partial charge is 0.175 e. The van der Waals surface area contributed by atoms with Gasteiger partial charge in [-0.3, -0.25) is 4.79 Å². The van der Waals surface area contributed by atoms with E-state index in [0.29, 0.717) is 0 Å². The van der Waals surface area contributed by atoms with Crippen LogP contribution in [0.5, 0.6) is 0 Å². The quantitative estimate of drug-likeness (QED) is 0.432. The van der Waals surface area contributed by atoms with Gasteiger partial charge < -0.3 is 0 Å². The van der Waals surface area contributed by atoms with E-state index in [0.717, 1.165) is 28.1 Å². The van der Waals surface area contributed by atoms with Crippen LogP contribution in [0.2, 0.25) is 0 Å². The van der Waals surface area contributed by atoms with Crippen LogP contribution in [0.25, 0.3) is 10.9 Å². The van der Waals surface area contributed by atoms with Crippen LogP contribution in [-0.4, -0.2) is 16.0 Å². The second-order valence-corrected chi connectivity index (χ2v) is 7.78. The average Bonchev–Trinajstić information content (AvgIpc) is 2.62. The predicted molar refractivity (Wildman–Crippen MR) is 107 cm³/mol. The second-order valence-electron chi connectivity index (χ2n) is 6.42. The molecular formula is C22H23NOS. The molecule has 0 unspecified atom stereocenters. The Kier molecular flexibility index (Phi) is 5.24. The number of ketones is 1. The number of pyridine rings is 1. The highest BCUT2D eigenvalue weighted by atomic mass is 32.2. The number of carbonyl (C=O) groups is 1. The summed E-state index contributed by atoms with van der Waals surface area (Å²) < 4.78 is 0. The predicted octanol–water partition coefficient (Wildman–Crippen LogP) is 5.78. The number of para-hydroxylation sites is 1. The first-order valence-corrected chi connectivity index (χ1v) is 9.54. The minimum Gasteiger partial charge on any atom is -0.293 e. The van der Waals surface area contributed by atoms with Crippen molar-refractivity contribution >= 4 is 28.4 Å². The maximum atomic E-state index is 12.7. The Morgan fingerprint density at radius 1 is 1.08 bits per heavy atom. The molecule has 0 amide bonds. The molecule has 0 aliphatic heterocycles. The van der Waals surface area contributed by atoms with Crippen LogP contribution >= 0.6 is 11.8 Å². The van der Waals surface area contributed by atoms with E-state index in [1.807, 2.05) is 31.2 Å². The van der Waals surface area contributed by atoms with Crippen LogP contribution < -0.4 is 0 Å². The summed E-state index contributed by atoms with van der Waals surface area (Å²) in [7, 11) is 0. The Morgan fingerprint density at radius 3 is 2.48 bits per heavy atom. The van der Waals surface area contributed by atoms with Crippen molar-refractivity contribution in [2.75, 3.05) is 0 Å². The minimum absolute atomic E-state index is 0.150. The number of aryl methyl sites for hydroxylation is 3. The van der Waals surface area contributed by atoms with Gasteiger partial charge in [-0.15, -0.1) is 0 Å². The fourth-order valence-electron chi connectivity index (χ4n) is 2.97. The van der Waals surface area contributed by atoms with Gasteiger partial charge in [0.15, 0.2) is 5.78 Å². The van der Waals surface area contributed by atoms with Gasteiger partial charge >= 0.3 is 0 Å². The summed E-state index contributed by atoms with van der Waals surface area (Å²) in [5, 5.41) is 1.92. The molecular weight excluding hydrogens is 326 g/mol. The van der Waals surface area contributed by atoms with E-state index < -0.39 is 0 Å². The van der Waals surface area contributed by atoms with Crippen molar-refractivity contribution in [2.45, 2.75) is 44.4 Å². The maximum absolute atomic E-state index is 12.7. The Labute approximate surface area is 153 Å². The number of nitrogens with zero attached hydrogens (tertiary/aromatic N) is 1. The van der Waals surface area contributed by atoms with Gasteiger partial charge in [-0.1, -0.05) is 61.2 Å². The monoisotopic (exact) mass is 349 g/mol. The van der Waals surface area contributed by atoms with Gasteiger partial charge in [0.05, 0.1) is 15.8 Å². The topological polar surface area (TPSA) is 30.0 Å². The summed E-state index contributed by atoms with van der Waals surface area (Å²) in [6.07, 6.45) is 0.985. The third kappa shape index (κ3) is 3.77. The van der Waals surface area contributed by atoms with Gasteiger partial charge in [0.1, 0.15) is 0 Å². The number of carbonyl (C=O) groups excluding carboxylic acids is 1. The third-order valence-electron chi connectivity index (χ3n) is 4.54. The van der Waals surface area contributed by atoms with Gasteiger partial charge in [-0.05, 0) is 49.9 Å². The second kappa shape index (κ2) is 7.40. The Bertz CT molecular complexity index is 915. The molecule has 128 valence electrons. The van der Waals surface area contributed by atoms with Gasteiger partial charge in [0, 0.05) is 10.9 Å². The van der Waals surface area contributed by atoms with Crippen molar-refractivity contribution in [1.82, 2.24) is 4.98 Å². The van der Waals surface area contributed by atoms with E-state index in [-0.39, 0.29) is 11.0 Å². The summed E-state index contributed by atoms with van der Waals surface area (Å²) in [5.41, 5.74) is 5.40. The molecule has 0 aliphatic carbocycles. The lowest BCUT2D eigenvalue weighted by molar-refractivity contribution is 0.0994. The molecule has 2 nitrogen and oxygen atoms in total. The van der Waals surface area contributed by atoms with Crippen LogP contribution in [-0.2, 0) is 6.42 Å². The first-order chi connectivity index (χ1) is 12.0. The first-order valence-electron chi connectivity index (χ1n) is 8.66. The molecule has 1 atom stereocenters. The number of fused-ring (bicyclic) bond motifs is 1. The van der Waals surface area contributed by atoms with Crippen molar-refractivity contribution in [1.29, 1.82) is 0 Å². The minimum atomic E-state index is -0.166. The zero-order valence-corrected chi connectivity index (χ0v) is 16.0. The normalized spacial score (nSPS) is 12.3. The molecule has 3 rings (SSSR count). The average molecular weight is 349 g/mol. The largest absolute Gasteiger partial charge is 0.293 e. The van der Waals surface area contributed by atoms with Gasteiger partial charge in [-0.2, -0.15) is 0 Å². The van der Waals surface area contributed by atoms with Crippen LogP contribution in [0.4, 0.5) is 0 Å². The molecule has 3 aromatic rings. The number of benzene rings is 2. The fraction of sp³-hybridized carbons (Fsp3) is 0.273. The van der Waals surface area contributed by atoms with Crippen molar-refractivity contribution in [3.8, 4) is 0 Å². The van der Waals surface area contributed by atoms with Crippen molar-refractivity contribution < 1.29 is 4.79 Å². The van der Waals surface area contributed by atoms with Gasteiger partial charge in [-0.25, -0.2) is 4.98 Å². The van der Waals surface area contributed by atoms with Crippen LogP contribution in [0.15, 0.2) is 53.6 Å². The summed E-state index contributed by atoms with van der Waals surface area (Å²) in [5.74, 6) is 0.150. The molecule has 0 saturated carbocycles. The third-order valence-corrected chi connectivity index (χ3v) is 5.56. The Morgan fingerprint density at radius 2 is 1.80 bits per heavy atom. The molecule has 25 heavy (non-hydrogen) atoms. The highest BCUT2D eigenvalue weighted by molar-refractivity contribution is 8.00. The number of hydrogen-bond donors (Lipinski definition) is 0. The molecule has 3 heteroatoms. The summed E-state index contributed by atoms with van der Waals surface area (Å²) in [6, 6.07) is 16.2. The summed E-state index contributed by atoms with van der Waals surface area (Å²) >= 11 is 1.53. The van der Waals surface area contributed by atoms with E-state index in [2.05, 4.69) is 45.0 Å². The zero-order chi connectivity index (χ0) is 18.0. The van der Waals surface area contributed by atoms with E-state index in [4.69, 9.17) is 4.98 Å². The van der Waals surface area contributed by atoms with Crippen LogP contribution in [0.3, 0.4) is 0 Å². The summed E-state index contributed by atoms with van der Waals surface area (Å²) in [4.78, 5) is 17.5. The van der Waals surface area contributed by atoms with E-state index >= 15 is 0 Å². The SMILES string of the molecule is CCc1ccc(C(=O)[C@@H](C)Sc2cc(C)c3cccc(C)c3n2)cc1. The lowest BCUT2D eigenvalue weighted by Gasteiger charge is -2.12. The highest BCUT2D eigenvalue weighted by Crippen LogP contribution is 2.29. The van der Waals surface area contributed by atoms with Crippen molar-refractivity contribution in [2.24, 2.45) is 0 Å². The maximum Gasteiger partial charge on any atom is 0.175 e. The molecule has 1 aromatic heterocycles. The zero-order valence-electron chi connectivity index (χ0n) is 15.2. The van der Waals surface area contributed by atoms with Gasteiger partial charge in [0.25, 0.3) is 0 Å². The molecule has 0 saturated heterocycles. The van der Waals surface area contributed by atoms with E-state index in [9.17, 15) is 4.79 Å². The Balaban J connectivity index is 1.84. The van der Waals surface area contributed by atoms with Gasteiger partial charge in [0.2, 0.25) is 0 Å². The molecule has 0 aliphatic rings. The van der Waals surface area contributed by atoms with Crippen LogP contribution in [0, 0.1) is 13.8 Å². The van der Waals surface area contributed by atoms with Crippen LogP contribution in [0.1, 0.15) is 40.9 Å². The highest BCUT2D eigenvalue weighted by Gasteiger charge is 2.18. The van der Waals surface area contributed by atoms with E-state index in [1.54, 1.807) is 0 Å². The molecule has 0 N–H and O–H groups in total. The number of Topliss-reactive ketones (excluding diaryl/α,β-unsaturated/α-hetero) is 1. The molecule has 0 spiro atoms. The molecule has 2 aromatic carbocycles. The Hall–Kier alpha value is -2.13. The van der Waals surface area contributed by atoms with Crippen molar-refractivity contribution in [3.63, 3.8) is 0 Å².